The van der Waals surface area contributed by atoms with E-state index in [0.29, 0.717) is 30.7 Å². The van der Waals surface area contributed by atoms with E-state index in [1.54, 1.807) is 0 Å². The molecule has 1 N–H and O–H groups in total. The minimum absolute atomic E-state index is 0.0904. The van der Waals surface area contributed by atoms with Crippen LogP contribution in [-0.4, -0.2) is 46.6 Å². The van der Waals surface area contributed by atoms with Gasteiger partial charge in [0.1, 0.15) is 0 Å². The molecule has 1 atom stereocenters. The van der Waals surface area contributed by atoms with Gasteiger partial charge in [0.05, 0.1) is 6.04 Å². The Balaban J connectivity index is 1.41. The Morgan fingerprint density at radius 1 is 1.20 bits per heavy atom. The first kappa shape index (κ1) is 18.4. The van der Waals surface area contributed by atoms with E-state index in [0.717, 1.165) is 18.7 Å². The van der Waals surface area contributed by atoms with Gasteiger partial charge in [-0.15, -0.1) is 0 Å². The zero-order valence-corrected chi connectivity index (χ0v) is 15.7. The molecule has 2 fully saturated rings. The Kier molecular flexibility index (Phi) is 6.45. The van der Waals surface area contributed by atoms with Crippen molar-refractivity contribution < 1.29 is 9.32 Å². The van der Waals surface area contributed by atoms with Crippen molar-refractivity contribution in [3.63, 3.8) is 0 Å². The van der Waals surface area contributed by atoms with Gasteiger partial charge in [0.2, 0.25) is 11.8 Å². The fraction of sp³-hybridized carbons (Fsp3) is 0.842. The number of hydrogen-bond acceptors (Lipinski definition) is 5. The van der Waals surface area contributed by atoms with Crippen molar-refractivity contribution in [3.05, 3.63) is 11.7 Å². The summed E-state index contributed by atoms with van der Waals surface area (Å²) in [6.07, 6.45) is 11.8. The van der Waals surface area contributed by atoms with Crippen LogP contribution in [0.5, 0.6) is 0 Å². The van der Waals surface area contributed by atoms with Gasteiger partial charge in [0, 0.05) is 24.9 Å². The Hall–Kier alpha value is -1.43. The van der Waals surface area contributed by atoms with E-state index in [-0.39, 0.29) is 11.9 Å². The molecule has 0 radical (unpaired) electrons. The lowest BCUT2D eigenvalue weighted by Gasteiger charge is -2.34. The second-order valence-electron chi connectivity index (χ2n) is 7.70. The quantitative estimate of drug-likeness (QED) is 0.820. The van der Waals surface area contributed by atoms with Gasteiger partial charge in [-0.1, -0.05) is 37.3 Å². The highest BCUT2D eigenvalue weighted by molar-refractivity contribution is 5.81. The molecular formula is C19H32N4O2. The van der Waals surface area contributed by atoms with Crippen molar-refractivity contribution in [3.8, 4) is 0 Å². The maximum absolute atomic E-state index is 12.4. The topological polar surface area (TPSA) is 71.3 Å². The Bertz CT molecular complexity index is 547. The third-order valence-electron chi connectivity index (χ3n) is 5.98. The predicted molar refractivity (Wildman–Crippen MR) is 96.3 cm³/mol. The Labute approximate surface area is 150 Å². The summed E-state index contributed by atoms with van der Waals surface area (Å²) in [6, 6.07) is 0.447. The summed E-state index contributed by atoms with van der Waals surface area (Å²) >= 11 is 0. The molecule has 0 bridgehead atoms. The van der Waals surface area contributed by atoms with E-state index in [1.807, 2.05) is 6.92 Å². The van der Waals surface area contributed by atoms with Crippen molar-refractivity contribution >= 4 is 5.91 Å². The lowest BCUT2D eigenvalue weighted by Crippen LogP contribution is -2.48. The van der Waals surface area contributed by atoms with Gasteiger partial charge < -0.3 is 9.84 Å². The normalized spacial score (nSPS) is 20.9. The van der Waals surface area contributed by atoms with Gasteiger partial charge in [0.25, 0.3) is 0 Å². The van der Waals surface area contributed by atoms with Gasteiger partial charge in [-0.05, 0) is 39.7 Å². The van der Waals surface area contributed by atoms with E-state index < -0.39 is 0 Å². The van der Waals surface area contributed by atoms with Crippen LogP contribution >= 0.6 is 0 Å². The van der Waals surface area contributed by atoms with Crippen molar-refractivity contribution in [2.75, 3.05) is 13.6 Å². The first-order valence-corrected chi connectivity index (χ1v) is 9.97. The summed E-state index contributed by atoms with van der Waals surface area (Å²) in [5.74, 6) is 2.02. The fourth-order valence-corrected chi connectivity index (χ4v) is 4.14. The molecule has 6 nitrogen and oxygen atoms in total. The zero-order valence-electron chi connectivity index (χ0n) is 15.7. The van der Waals surface area contributed by atoms with Crippen LogP contribution in [0.15, 0.2) is 4.52 Å². The highest BCUT2D eigenvalue weighted by Crippen LogP contribution is 2.32. The Morgan fingerprint density at radius 3 is 2.60 bits per heavy atom. The molecular weight excluding hydrogens is 316 g/mol. The summed E-state index contributed by atoms with van der Waals surface area (Å²) in [7, 11) is 2.08. The lowest BCUT2D eigenvalue weighted by molar-refractivity contribution is -0.126. The summed E-state index contributed by atoms with van der Waals surface area (Å²) < 4.78 is 5.39. The summed E-state index contributed by atoms with van der Waals surface area (Å²) in [5, 5.41) is 7.09. The monoisotopic (exact) mass is 348 g/mol. The van der Waals surface area contributed by atoms with Crippen molar-refractivity contribution in [2.45, 2.75) is 89.1 Å². The zero-order chi connectivity index (χ0) is 17.6. The molecule has 0 saturated heterocycles. The third-order valence-corrected chi connectivity index (χ3v) is 5.98. The number of nitrogens with zero attached hydrogens (tertiary/aromatic N) is 3. The van der Waals surface area contributed by atoms with Crippen molar-refractivity contribution in [1.82, 2.24) is 20.4 Å². The first-order valence-electron chi connectivity index (χ1n) is 9.97. The molecule has 0 aromatic carbocycles. The van der Waals surface area contributed by atoms with E-state index in [1.165, 1.54) is 44.9 Å². The maximum atomic E-state index is 12.4. The number of likely N-dealkylation sites (N-methyl/N-ethyl adjacent to an activating group) is 1. The molecule has 0 spiro atoms. The van der Waals surface area contributed by atoms with Crippen LogP contribution in [0.4, 0.5) is 0 Å². The van der Waals surface area contributed by atoms with E-state index >= 15 is 0 Å². The highest BCUT2D eigenvalue weighted by Gasteiger charge is 2.26. The third kappa shape index (κ3) is 4.81. The van der Waals surface area contributed by atoms with Crippen molar-refractivity contribution in [2.24, 2.45) is 0 Å². The molecule has 140 valence electrons. The standard InChI is InChI=1S/C19H32N4O2/c1-14(23(2)16-10-4-3-5-11-16)18(24)20-13-12-17-21-19(25-22-17)15-8-6-7-9-15/h14-16H,3-13H2,1-2H3,(H,20,24)/t14-/m1/s1. The molecule has 0 unspecified atom stereocenters. The summed E-state index contributed by atoms with van der Waals surface area (Å²) in [6.45, 7) is 2.56. The molecule has 2 aliphatic rings. The van der Waals surface area contributed by atoms with Crippen LogP contribution in [0.3, 0.4) is 0 Å². The number of hydrogen-bond donors (Lipinski definition) is 1. The van der Waals surface area contributed by atoms with E-state index in [9.17, 15) is 4.79 Å². The molecule has 2 aliphatic carbocycles. The van der Waals surface area contributed by atoms with Crippen LogP contribution in [0.2, 0.25) is 0 Å². The maximum Gasteiger partial charge on any atom is 0.237 e. The predicted octanol–water partition coefficient (Wildman–Crippen LogP) is 3.04. The second-order valence-corrected chi connectivity index (χ2v) is 7.70. The van der Waals surface area contributed by atoms with Crippen LogP contribution < -0.4 is 5.32 Å². The molecule has 1 amide bonds. The van der Waals surface area contributed by atoms with Gasteiger partial charge >= 0.3 is 0 Å². The van der Waals surface area contributed by atoms with Crippen LogP contribution in [0.25, 0.3) is 0 Å². The van der Waals surface area contributed by atoms with Crippen LogP contribution in [0, 0.1) is 0 Å². The second kappa shape index (κ2) is 8.79. The van der Waals surface area contributed by atoms with Crippen molar-refractivity contribution in [1.29, 1.82) is 0 Å². The highest BCUT2D eigenvalue weighted by atomic mass is 16.5. The molecule has 3 rings (SSSR count). The largest absolute Gasteiger partial charge is 0.354 e. The molecule has 6 heteroatoms. The SMILES string of the molecule is C[C@H](C(=O)NCCc1noc(C2CCCC2)n1)N(C)C1CCCCC1. The number of carbonyl (C=O) groups excluding carboxylic acids is 1. The lowest BCUT2D eigenvalue weighted by atomic mass is 9.93. The average molecular weight is 348 g/mol. The summed E-state index contributed by atoms with van der Waals surface area (Å²) in [5.41, 5.74) is 0. The fourth-order valence-electron chi connectivity index (χ4n) is 4.14. The van der Waals surface area contributed by atoms with Gasteiger partial charge in [0.15, 0.2) is 5.82 Å². The molecule has 1 aromatic heterocycles. The van der Waals surface area contributed by atoms with Crippen LogP contribution in [0.1, 0.15) is 82.3 Å². The number of carbonyl (C=O) groups is 1. The van der Waals surface area contributed by atoms with Gasteiger partial charge in [-0.2, -0.15) is 4.98 Å². The molecule has 0 aliphatic heterocycles. The minimum atomic E-state index is -0.0950. The molecule has 2 saturated carbocycles. The molecule has 1 aromatic rings. The van der Waals surface area contributed by atoms with E-state index in [2.05, 4.69) is 27.4 Å². The molecule has 25 heavy (non-hydrogen) atoms. The molecule has 1 heterocycles. The number of nitrogens with one attached hydrogen (secondary N) is 1. The van der Waals surface area contributed by atoms with Gasteiger partial charge in [-0.25, -0.2) is 0 Å². The number of amides is 1. The first-order chi connectivity index (χ1) is 12.1. The van der Waals surface area contributed by atoms with Crippen LogP contribution in [-0.2, 0) is 11.2 Å². The minimum Gasteiger partial charge on any atom is -0.354 e. The number of rotatable bonds is 7. The number of aromatic nitrogens is 2. The summed E-state index contributed by atoms with van der Waals surface area (Å²) in [4.78, 5) is 19.2. The van der Waals surface area contributed by atoms with E-state index in [4.69, 9.17) is 4.52 Å². The average Bonchev–Trinajstić information content (AvgIpc) is 3.32. The van der Waals surface area contributed by atoms with Gasteiger partial charge in [-0.3, -0.25) is 9.69 Å². The Morgan fingerprint density at radius 2 is 1.88 bits per heavy atom. The smallest absolute Gasteiger partial charge is 0.237 e.